The van der Waals surface area contributed by atoms with Crippen molar-refractivity contribution >= 4 is 5.97 Å². The van der Waals surface area contributed by atoms with Crippen LogP contribution in [0, 0.1) is 11.8 Å². The minimum absolute atomic E-state index is 0.104. The van der Waals surface area contributed by atoms with Gasteiger partial charge in [-0.1, -0.05) is 19.1 Å². The highest BCUT2D eigenvalue weighted by atomic mass is 16.5. The summed E-state index contributed by atoms with van der Waals surface area (Å²) < 4.78 is 5.72. The number of ether oxygens (including phenoxy) is 1. The quantitative estimate of drug-likeness (QED) is 0.901. The number of carboxylic acid groups (broad SMARTS) is 1. The molecule has 0 heterocycles. The second-order valence-corrected chi connectivity index (χ2v) is 6.21. The van der Waals surface area contributed by atoms with Crippen molar-refractivity contribution in [2.45, 2.75) is 52.1 Å². The predicted octanol–water partition coefficient (Wildman–Crippen LogP) is 4.08. The lowest BCUT2D eigenvalue weighted by molar-refractivity contribution is -0.143. The van der Waals surface area contributed by atoms with Crippen LogP contribution in [0.15, 0.2) is 24.3 Å². The fourth-order valence-electron chi connectivity index (χ4n) is 3.14. The molecule has 0 bridgehead atoms. The van der Waals surface area contributed by atoms with Gasteiger partial charge in [0, 0.05) is 0 Å². The summed E-state index contributed by atoms with van der Waals surface area (Å²) in [5.41, 5.74) is 1.10. The van der Waals surface area contributed by atoms with E-state index in [2.05, 4.69) is 6.92 Å². The summed E-state index contributed by atoms with van der Waals surface area (Å²) in [7, 11) is 0. The molecule has 3 unspecified atom stereocenters. The Morgan fingerprint density at radius 1 is 1.35 bits per heavy atom. The van der Waals surface area contributed by atoms with Crippen molar-refractivity contribution in [3.63, 3.8) is 0 Å². The van der Waals surface area contributed by atoms with Crippen LogP contribution in [-0.2, 0) is 4.79 Å². The van der Waals surface area contributed by atoms with Gasteiger partial charge in [-0.25, -0.2) is 0 Å². The molecule has 1 aliphatic rings. The van der Waals surface area contributed by atoms with Gasteiger partial charge in [-0.05, 0) is 62.6 Å². The van der Waals surface area contributed by atoms with E-state index in [0.717, 1.165) is 30.6 Å². The van der Waals surface area contributed by atoms with Crippen LogP contribution in [0.5, 0.6) is 5.75 Å². The van der Waals surface area contributed by atoms with Crippen LogP contribution in [0.4, 0.5) is 0 Å². The van der Waals surface area contributed by atoms with E-state index in [1.807, 2.05) is 38.1 Å². The van der Waals surface area contributed by atoms with E-state index < -0.39 is 5.97 Å². The zero-order valence-corrected chi connectivity index (χ0v) is 12.5. The molecular weight excluding hydrogens is 252 g/mol. The van der Waals surface area contributed by atoms with Gasteiger partial charge in [-0.15, -0.1) is 0 Å². The van der Waals surface area contributed by atoms with Gasteiger partial charge < -0.3 is 9.84 Å². The number of hydrogen-bond donors (Lipinski definition) is 1. The van der Waals surface area contributed by atoms with Crippen molar-refractivity contribution in [3.8, 4) is 5.75 Å². The van der Waals surface area contributed by atoms with Gasteiger partial charge in [-0.2, -0.15) is 0 Å². The molecule has 0 radical (unpaired) electrons. The van der Waals surface area contributed by atoms with E-state index in [-0.39, 0.29) is 17.9 Å². The molecule has 1 aromatic carbocycles. The summed E-state index contributed by atoms with van der Waals surface area (Å²) in [5, 5.41) is 9.44. The Labute approximate surface area is 121 Å². The average molecular weight is 276 g/mol. The van der Waals surface area contributed by atoms with Crippen molar-refractivity contribution in [1.29, 1.82) is 0 Å². The number of carbonyl (C=O) groups is 1. The molecule has 0 aliphatic heterocycles. The number of carboxylic acids is 1. The van der Waals surface area contributed by atoms with Crippen LogP contribution >= 0.6 is 0 Å². The molecule has 1 aliphatic carbocycles. The largest absolute Gasteiger partial charge is 0.491 e. The molecule has 0 amide bonds. The highest BCUT2D eigenvalue weighted by Gasteiger charge is 2.34. The van der Waals surface area contributed by atoms with Gasteiger partial charge >= 0.3 is 5.97 Å². The molecule has 2 rings (SSSR count). The monoisotopic (exact) mass is 276 g/mol. The summed E-state index contributed by atoms with van der Waals surface area (Å²) in [4.78, 5) is 11.5. The Balaban J connectivity index is 2.24. The van der Waals surface area contributed by atoms with E-state index in [1.165, 1.54) is 0 Å². The second kappa shape index (κ2) is 6.29. The molecule has 1 N–H and O–H groups in total. The topological polar surface area (TPSA) is 46.5 Å². The minimum atomic E-state index is -0.669. The summed E-state index contributed by atoms with van der Waals surface area (Å²) in [6, 6.07) is 7.95. The van der Waals surface area contributed by atoms with Crippen LogP contribution in [0.25, 0.3) is 0 Å². The van der Waals surface area contributed by atoms with E-state index in [1.54, 1.807) is 0 Å². The highest BCUT2D eigenvalue weighted by Crippen LogP contribution is 2.41. The summed E-state index contributed by atoms with van der Waals surface area (Å²) in [5.74, 6) is 0.592. The van der Waals surface area contributed by atoms with Gasteiger partial charge in [0.25, 0.3) is 0 Å². The van der Waals surface area contributed by atoms with Gasteiger partial charge in [0.1, 0.15) is 5.75 Å². The van der Waals surface area contributed by atoms with E-state index in [0.29, 0.717) is 5.92 Å². The Bertz CT molecular complexity index is 467. The third kappa shape index (κ3) is 3.53. The fourth-order valence-corrected chi connectivity index (χ4v) is 3.14. The molecule has 0 saturated heterocycles. The van der Waals surface area contributed by atoms with Gasteiger partial charge in [0.15, 0.2) is 0 Å². The van der Waals surface area contributed by atoms with Crippen LogP contribution < -0.4 is 4.74 Å². The Kier molecular flexibility index (Phi) is 4.69. The van der Waals surface area contributed by atoms with Crippen molar-refractivity contribution in [3.05, 3.63) is 29.8 Å². The zero-order valence-electron chi connectivity index (χ0n) is 12.5. The fraction of sp³-hybridized carbons (Fsp3) is 0.588. The summed E-state index contributed by atoms with van der Waals surface area (Å²) >= 11 is 0. The Morgan fingerprint density at radius 2 is 2.10 bits per heavy atom. The third-order valence-electron chi connectivity index (χ3n) is 4.09. The lowest BCUT2D eigenvalue weighted by Crippen LogP contribution is -2.28. The summed E-state index contributed by atoms with van der Waals surface area (Å²) in [6.45, 7) is 6.20. The van der Waals surface area contributed by atoms with Crippen LogP contribution in [0.2, 0.25) is 0 Å². The second-order valence-electron chi connectivity index (χ2n) is 6.21. The van der Waals surface area contributed by atoms with E-state index in [4.69, 9.17) is 4.74 Å². The summed E-state index contributed by atoms with van der Waals surface area (Å²) in [6.07, 6.45) is 2.86. The molecule has 3 atom stereocenters. The van der Waals surface area contributed by atoms with Gasteiger partial charge in [-0.3, -0.25) is 4.79 Å². The van der Waals surface area contributed by atoms with Crippen LogP contribution in [0.1, 0.15) is 51.5 Å². The molecule has 3 heteroatoms. The SMILES string of the molecule is CC1CCC(C(=O)O)C(c2cccc(OC(C)C)c2)C1. The van der Waals surface area contributed by atoms with E-state index in [9.17, 15) is 9.90 Å². The maximum Gasteiger partial charge on any atom is 0.307 e. The molecular formula is C17H24O3. The van der Waals surface area contributed by atoms with E-state index >= 15 is 0 Å². The minimum Gasteiger partial charge on any atom is -0.491 e. The Morgan fingerprint density at radius 3 is 2.75 bits per heavy atom. The predicted molar refractivity (Wildman–Crippen MR) is 79.1 cm³/mol. The lowest BCUT2D eigenvalue weighted by Gasteiger charge is -2.33. The van der Waals surface area contributed by atoms with Crippen molar-refractivity contribution in [2.24, 2.45) is 11.8 Å². The normalized spacial score (nSPS) is 26.5. The highest BCUT2D eigenvalue weighted by molar-refractivity contribution is 5.71. The molecule has 1 aromatic rings. The first-order valence-corrected chi connectivity index (χ1v) is 7.46. The average Bonchev–Trinajstić information content (AvgIpc) is 2.37. The Hall–Kier alpha value is -1.51. The van der Waals surface area contributed by atoms with Crippen LogP contribution in [0.3, 0.4) is 0 Å². The first kappa shape index (κ1) is 14.9. The number of rotatable bonds is 4. The van der Waals surface area contributed by atoms with Gasteiger partial charge in [0.2, 0.25) is 0 Å². The lowest BCUT2D eigenvalue weighted by atomic mass is 9.71. The molecule has 3 nitrogen and oxygen atoms in total. The number of hydrogen-bond acceptors (Lipinski definition) is 2. The number of benzene rings is 1. The standard InChI is InChI=1S/C17H24O3/c1-11(2)20-14-6-4-5-13(10-14)16-9-12(3)7-8-15(16)17(18)19/h4-6,10-12,15-16H,7-9H2,1-3H3,(H,18,19). The van der Waals surface area contributed by atoms with Crippen molar-refractivity contribution in [1.82, 2.24) is 0 Å². The molecule has 110 valence electrons. The first-order valence-electron chi connectivity index (χ1n) is 7.46. The van der Waals surface area contributed by atoms with Gasteiger partial charge in [0.05, 0.1) is 12.0 Å². The first-order chi connectivity index (χ1) is 9.47. The zero-order chi connectivity index (χ0) is 14.7. The maximum absolute atomic E-state index is 11.5. The smallest absolute Gasteiger partial charge is 0.307 e. The molecule has 1 fully saturated rings. The van der Waals surface area contributed by atoms with Crippen molar-refractivity contribution in [2.75, 3.05) is 0 Å². The molecule has 0 aromatic heterocycles. The number of aliphatic carboxylic acids is 1. The van der Waals surface area contributed by atoms with Crippen LogP contribution in [-0.4, -0.2) is 17.2 Å². The van der Waals surface area contributed by atoms with Crippen molar-refractivity contribution < 1.29 is 14.6 Å². The maximum atomic E-state index is 11.5. The molecule has 20 heavy (non-hydrogen) atoms. The molecule has 0 spiro atoms. The molecule has 1 saturated carbocycles. The third-order valence-corrected chi connectivity index (χ3v) is 4.09.